The van der Waals surface area contributed by atoms with Gasteiger partial charge in [0, 0.05) is 18.0 Å². The van der Waals surface area contributed by atoms with Crippen LogP contribution in [0.3, 0.4) is 0 Å². The summed E-state index contributed by atoms with van der Waals surface area (Å²) in [6.45, 7) is 4.05. The summed E-state index contributed by atoms with van der Waals surface area (Å²) in [5.41, 5.74) is 4.19. The molecule has 3 heterocycles. The van der Waals surface area contributed by atoms with Crippen LogP contribution in [0.15, 0.2) is 66.1 Å². The number of rotatable bonds is 5. The minimum atomic E-state index is -4.56. The summed E-state index contributed by atoms with van der Waals surface area (Å²) in [6, 6.07) is 13.0. The Hall–Kier alpha value is -3.86. The molecule has 1 N–H and O–H groups in total. The van der Waals surface area contributed by atoms with Gasteiger partial charge < -0.3 is 5.32 Å². The minimum absolute atomic E-state index is 0.134. The number of nitrogens with zero attached hydrogens (tertiary/aromatic N) is 5. The summed E-state index contributed by atoms with van der Waals surface area (Å²) in [4.78, 5) is 12.4. The van der Waals surface area contributed by atoms with Crippen LogP contribution in [0.5, 0.6) is 0 Å². The Kier molecular flexibility index (Phi) is 5.72. The Balaban J connectivity index is 1.38. The number of carbonyl (C=O) groups excluding carboxylic acids is 1. The van der Waals surface area contributed by atoms with Gasteiger partial charge in [-0.1, -0.05) is 41.6 Å². The predicted molar refractivity (Wildman–Crippen MR) is 127 cm³/mol. The maximum atomic E-state index is 13.2. The number of thioether (sulfide) groups is 1. The second-order valence-electron chi connectivity index (χ2n) is 8.03. The first-order valence-electron chi connectivity index (χ1n) is 10.6. The van der Waals surface area contributed by atoms with Crippen LogP contribution < -0.4 is 5.32 Å². The molecule has 3 aromatic heterocycles. The van der Waals surface area contributed by atoms with Crippen LogP contribution in [0.25, 0.3) is 22.4 Å². The largest absolute Gasteiger partial charge is 0.418 e. The molecule has 5 rings (SSSR count). The molecule has 0 saturated carbocycles. The molecule has 0 spiro atoms. The predicted octanol–water partition coefficient (Wildman–Crippen LogP) is 5.41. The zero-order valence-electron chi connectivity index (χ0n) is 18.7. The first-order chi connectivity index (χ1) is 16.7. The number of fused-ring (bicyclic) bond motifs is 3. The summed E-state index contributed by atoms with van der Waals surface area (Å²) in [5, 5.41) is 15.9. The number of hydrogen-bond donors (Lipinski definition) is 1. The SMILES string of the molecule is Cc1ccc(C)c(-c2cc3c4nnc(SCC(=O)Nc5ccccc5C(F)(F)F)n4ccn3n2)c1. The highest BCUT2D eigenvalue weighted by Gasteiger charge is 2.33. The molecule has 0 atom stereocenters. The van der Waals surface area contributed by atoms with E-state index in [1.165, 1.54) is 18.2 Å². The Bertz CT molecular complexity index is 1570. The molecule has 0 unspecified atom stereocenters. The summed E-state index contributed by atoms with van der Waals surface area (Å²) < 4.78 is 43.0. The standard InChI is InChI=1S/C24H19F3N6OS/c1-14-7-8-15(2)16(11-14)19-12-20-22-29-30-23(32(22)9-10-33(20)31-19)35-13-21(34)28-18-6-4-3-5-17(18)24(25,26)27/h3-12H,13H2,1-2H3,(H,28,34). The van der Waals surface area contributed by atoms with Crippen LogP contribution in [0.1, 0.15) is 16.7 Å². The molecule has 178 valence electrons. The fourth-order valence-corrected chi connectivity index (χ4v) is 4.51. The van der Waals surface area contributed by atoms with Gasteiger partial charge in [0.25, 0.3) is 0 Å². The average Bonchev–Trinajstić information content (AvgIpc) is 3.43. The van der Waals surface area contributed by atoms with Gasteiger partial charge in [0.2, 0.25) is 5.91 Å². The lowest BCUT2D eigenvalue weighted by Crippen LogP contribution is -2.18. The maximum absolute atomic E-state index is 13.2. The second kappa shape index (κ2) is 8.73. The number of nitrogens with one attached hydrogen (secondary N) is 1. The van der Waals surface area contributed by atoms with Gasteiger partial charge in [-0.25, -0.2) is 4.52 Å². The van der Waals surface area contributed by atoms with Gasteiger partial charge in [0.05, 0.1) is 22.7 Å². The van der Waals surface area contributed by atoms with Crippen molar-refractivity contribution >= 4 is 34.5 Å². The second-order valence-corrected chi connectivity index (χ2v) is 8.97. The fraction of sp³-hybridized carbons (Fsp3) is 0.167. The molecule has 0 fully saturated rings. The number of anilines is 1. The molecule has 11 heteroatoms. The van der Waals surface area contributed by atoms with E-state index in [1.54, 1.807) is 21.3 Å². The van der Waals surface area contributed by atoms with E-state index in [0.29, 0.717) is 10.8 Å². The highest BCUT2D eigenvalue weighted by molar-refractivity contribution is 7.99. The molecule has 5 aromatic rings. The lowest BCUT2D eigenvalue weighted by Gasteiger charge is -2.13. The lowest BCUT2D eigenvalue weighted by molar-refractivity contribution is -0.137. The number of carbonyl (C=O) groups is 1. The van der Waals surface area contributed by atoms with E-state index in [2.05, 4.69) is 26.7 Å². The van der Waals surface area contributed by atoms with E-state index in [4.69, 9.17) is 0 Å². The van der Waals surface area contributed by atoms with Crippen LogP contribution in [-0.4, -0.2) is 35.9 Å². The van der Waals surface area contributed by atoms with Crippen molar-refractivity contribution in [2.45, 2.75) is 25.2 Å². The Labute approximate surface area is 202 Å². The quantitative estimate of drug-likeness (QED) is 0.329. The van der Waals surface area contributed by atoms with E-state index in [0.717, 1.165) is 45.7 Å². The van der Waals surface area contributed by atoms with Gasteiger partial charge in [-0.2, -0.15) is 18.3 Å². The van der Waals surface area contributed by atoms with Crippen LogP contribution in [0.4, 0.5) is 18.9 Å². The van der Waals surface area contributed by atoms with Crippen molar-refractivity contribution in [3.8, 4) is 11.3 Å². The molecular weight excluding hydrogens is 477 g/mol. The number of halogens is 3. The van der Waals surface area contributed by atoms with Gasteiger partial charge in [0.1, 0.15) is 5.52 Å². The molecule has 7 nitrogen and oxygen atoms in total. The van der Waals surface area contributed by atoms with Gasteiger partial charge in [0.15, 0.2) is 10.8 Å². The number of para-hydroxylation sites is 1. The molecule has 35 heavy (non-hydrogen) atoms. The highest BCUT2D eigenvalue weighted by Crippen LogP contribution is 2.34. The number of alkyl halides is 3. The minimum Gasteiger partial charge on any atom is -0.325 e. The van der Waals surface area contributed by atoms with Crippen molar-refractivity contribution in [3.63, 3.8) is 0 Å². The third-order valence-electron chi connectivity index (χ3n) is 5.49. The highest BCUT2D eigenvalue weighted by atomic mass is 32.2. The van der Waals surface area contributed by atoms with Crippen molar-refractivity contribution in [2.75, 3.05) is 11.1 Å². The Morgan fingerprint density at radius 3 is 2.66 bits per heavy atom. The van der Waals surface area contributed by atoms with Crippen molar-refractivity contribution in [1.82, 2.24) is 24.2 Å². The van der Waals surface area contributed by atoms with E-state index in [-0.39, 0.29) is 11.4 Å². The van der Waals surface area contributed by atoms with E-state index in [9.17, 15) is 18.0 Å². The molecule has 2 aromatic carbocycles. The number of aryl methyl sites for hydroxylation is 2. The number of amides is 1. The zero-order chi connectivity index (χ0) is 24.7. The van der Waals surface area contributed by atoms with E-state index < -0.39 is 17.6 Å². The molecule has 0 aliphatic carbocycles. The smallest absolute Gasteiger partial charge is 0.325 e. The Morgan fingerprint density at radius 2 is 1.86 bits per heavy atom. The monoisotopic (exact) mass is 496 g/mol. The fourth-order valence-electron chi connectivity index (χ4n) is 3.79. The summed E-state index contributed by atoms with van der Waals surface area (Å²) in [7, 11) is 0. The van der Waals surface area contributed by atoms with E-state index in [1.807, 2.05) is 32.0 Å². The van der Waals surface area contributed by atoms with Gasteiger partial charge in [-0.15, -0.1) is 10.2 Å². The number of benzene rings is 2. The third kappa shape index (κ3) is 4.46. The van der Waals surface area contributed by atoms with Crippen molar-refractivity contribution in [3.05, 3.63) is 77.6 Å². The molecule has 0 saturated heterocycles. The van der Waals surface area contributed by atoms with Crippen LogP contribution in [-0.2, 0) is 11.0 Å². The molecule has 0 aliphatic heterocycles. The maximum Gasteiger partial charge on any atom is 0.418 e. The van der Waals surface area contributed by atoms with Crippen molar-refractivity contribution < 1.29 is 18.0 Å². The van der Waals surface area contributed by atoms with Crippen LogP contribution >= 0.6 is 11.8 Å². The van der Waals surface area contributed by atoms with E-state index >= 15 is 0 Å². The summed E-state index contributed by atoms with van der Waals surface area (Å²) >= 11 is 1.08. The third-order valence-corrected chi connectivity index (χ3v) is 6.44. The van der Waals surface area contributed by atoms with Gasteiger partial charge >= 0.3 is 6.18 Å². The normalized spacial score (nSPS) is 11.9. The van der Waals surface area contributed by atoms with Crippen molar-refractivity contribution in [2.24, 2.45) is 0 Å². The zero-order valence-corrected chi connectivity index (χ0v) is 19.5. The lowest BCUT2D eigenvalue weighted by atomic mass is 10.0. The topological polar surface area (TPSA) is 76.6 Å². The number of aromatic nitrogens is 5. The molecule has 1 amide bonds. The number of hydrogen-bond acceptors (Lipinski definition) is 5. The van der Waals surface area contributed by atoms with Crippen LogP contribution in [0.2, 0.25) is 0 Å². The van der Waals surface area contributed by atoms with Gasteiger partial charge in [-0.3, -0.25) is 9.20 Å². The molecular formula is C24H19F3N6OS. The first kappa shape index (κ1) is 22.9. The molecule has 0 radical (unpaired) electrons. The summed E-state index contributed by atoms with van der Waals surface area (Å²) in [6.07, 6.45) is -1.06. The first-order valence-corrected chi connectivity index (χ1v) is 11.6. The summed E-state index contributed by atoms with van der Waals surface area (Å²) in [5.74, 6) is -0.711. The van der Waals surface area contributed by atoms with Crippen LogP contribution in [0, 0.1) is 13.8 Å². The average molecular weight is 497 g/mol. The molecule has 0 aliphatic rings. The Morgan fingerprint density at radius 1 is 1.06 bits per heavy atom. The van der Waals surface area contributed by atoms with Crippen molar-refractivity contribution in [1.29, 1.82) is 0 Å². The van der Waals surface area contributed by atoms with Gasteiger partial charge in [-0.05, 0) is 43.7 Å². The molecule has 0 bridgehead atoms.